The maximum Gasteiger partial charge on any atom is 0.339 e. The van der Waals surface area contributed by atoms with Crippen LogP contribution in [0.5, 0.6) is 11.5 Å². The van der Waals surface area contributed by atoms with Crippen molar-refractivity contribution in [2.75, 3.05) is 7.11 Å². The molecule has 206 valence electrons. The second kappa shape index (κ2) is 12.0. The van der Waals surface area contributed by atoms with E-state index in [2.05, 4.69) is 10.5 Å². The van der Waals surface area contributed by atoms with Gasteiger partial charge in [0.25, 0.3) is 0 Å². The number of ketones is 1. The zero-order chi connectivity index (χ0) is 28.9. The molecule has 9 nitrogen and oxygen atoms in total. The van der Waals surface area contributed by atoms with Crippen LogP contribution in [0.3, 0.4) is 0 Å². The van der Waals surface area contributed by atoms with Crippen LogP contribution in [0, 0.1) is 13.8 Å². The second-order valence-corrected chi connectivity index (χ2v) is 10.7. The highest BCUT2D eigenvalue weighted by molar-refractivity contribution is 7.87. The van der Waals surface area contributed by atoms with Gasteiger partial charge in [0.15, 0.2) is 11.5 Å². The molecule has 10 heteroatoms. The van der Waals surface area contributed by atoms with Crippen LogP contribution >= 0.6 is 0 Å². The Balaban J connectivity index is 1.38. The number of carbonyl (C=O) groups is 2. The molecule has 0 radical (unpaired) electrons. The number of hydrogen-bond acceptors (Lipinski definition) is 7. The van der Waals surface area contributed by atoms with E-state index in [1.165, 1.54) is 37.6 Å². The van der Waals surface area contributed by atoms with Crippen molar-refractivity contribution >= 4 is 28.0 Å². The molecule has 3 aromatic carbocycles. The summed E-state index contributed by atoms with van der Waals surface area (Å²) in [4.78, 5) is 25.4. The molecule has 40 heavy (non-hydrogen) atoms. The Morgan fingerprint density at radius 2 is 1.55 bits per heavy atom. The first-order chi connectivity index (χ1) is 19.1. The molecular weight excluding hydrogens is 530 g/mol. The van der Waals surface area contributed by atoms with Crippen LogP contribution in [0.2, 0.25) is 0 Å². The minimum atomic E-state index is -4.05. The fourth-order valence-electron chi connectivity index (χ4n) is 3.90. The first-order valence-electron chi connectivity index (χ1n) is 12.3. The zero-order valence-corrected chi connectivity index (χ0v) is 23.4. The van der Waals surface area contributed by atoms with Gasteiger partial charge in [0.05, 0.1) is 25.4 Å². The van der Waals surface area contributed by atoms with Gasteiger partial charge in [0.2, 0.25) is 11.7 Å². The van der Waals surface area contributed by atoms with Crippen LogP contribution in [0.1, 0.15) is 38.4 Å². The van der Waals surface area contributed by atoms with Crippen LogP contribution in [0.25, 0.3) is 0 Å². The van der Waals surface area contributed by atoms with Crippen molar-refractivity contribution in [3.63, 3.8) is 0 Å². The average Bonchev–Trinajstić information content (AvgIpc) is 3.29. The molecule has 0 bridgehead atoms. The van der Waals surface area contributed by atoms with Crippen molar-refractivity contribution in [1.29, 1.82) is 0 Å². The fraction of sp³-hybridized carbons (Fsp3) is 0.167. The molecule has 4 aromatic rings. The Kier molecular flexibility index (Phi) is 8.49. The smallest absolute Gasteiger partial charge is 0.339 e. The van der Waals surface area contributed by atoms with Crippen molar-refractivity contribution in [3.8, 4) is 11.5 Å². The Morgan fingerprint density at radius 3 is 2.20 bits per heavy atom. The van der Waals surface area contributed by atoms with Crippen molar-refractivity contribution in [2.24, 2.45) is 12.1 Å². The van der Waals surface area contributed by atoms with E-state index in [0.29, 0.717) is 22.5 Å². The number of hydrazone groups is 1. The van der Waals surface area contributed by atoms with Crippen LogP contribution in [-0.2, 0) is 28.4 Å². The molecule has 0 atom stereocenters. The third kappa shape index (κ3) is 6.65. The highest BCUT2D eigenvalue weighted by Gasteiger charge is 2.19. The quantitative estimate of drug-likeness (QED) is 0.134. The molecule has 0 unspecified atom stereocenters. The minimum Gasteiger partial charge on any atom is -0.493 e. The van der Waals surface area contributed by atoms with E-state index in [1.54, 1.807) is 54.1 Å². The number of nitrogens with one attached hydrogen (secondary N) is 1. The monoisotopic (exact) mass is 559 g/mol. The molecule has 4 rings (SSSR count). The number of aryl methyl sites for hydroxylation is 2. The first kappa shape index (κ1) is 28.3. The molecule has 0 saturated carbocycles. The molecule has 0 aliphatic rings. The highest BCUT2D eigenvalue weighted by atomic mass is 32.2. The predicted octanol–water partition coefficient (Wildman–Crippen LogP) is 4.34. The van der Waals surface area contributed by atoms with Gasteiger partial charge in [-0.1, -0.05) is 47.5 Å². The van der Waals surface area contributed by atoms with E-state index < -0.39 is 10.1 Å². The van der Waals surface area contributed by atoms with E-state index in [0.717, 1.165) is 11.1 Å². The number of ether oxygens (including phenoxy) is 1. The van der Waals surface area contributed by atoms with Crippen LogP contribution < -0.4 is 14.3 Å². The Bertz CT molecular complexity index is 1670. The molecule has 1 aromatic heterocycles. The third-order valence-electron chi connectivity index (χ3n) is 6.21. The molecule has 1 amide bonds. The normalized spacial score (nSPS) is 11.4. The number of carbonyl (C=O) groups excluding carboxylic acids is 2. The number of nitrogens with zero attached hydrogens (tertiary/aromatic N) is 2. The van der Waals surface area contributed by atoms with Gasteiger partial charge in [-0.05, 0) is 61.9 Å². The molecule has 0 aliphatic heterocycles. The van der Waals surface area contributed by atoms with Crippen molar-refractivity contribution < 1.29 is 26.9 Å². The standard InChI is InChI=1S/C30H29N3O6S/c1-20-5-10-23(11-6-20)30(35)26-15-12-24(33(26)3)18-29(34)32-31-19-22-9-16-27(28(17-22)38-4)39-40(36,37)25-13-7-21(2)8-14-25/h5-17,19H,18H2,1-4H3,(H,32,34). The summed E-state index contributed by atoms with van der Waals surface area (Å²) < 4.78 is 37.6. The van der Waals surface area contributed by atoms with Crippen molar-refractivity contribution in [2.45, 2.75) is 25.2 Å². The van der Waals surface area contributed by atoms with Gasteiger partial charge in [-0.15, -0.1) is 0 Å². The van der Waals surface area contributed by atoms with Gasteiger partial charge in [-0.3, -0.25) is 9.59 Å². The molecule has 0 spiro atoms. The van der Waals surface area contributed by atoms with E-state index in [1.807, 2.05) is 26.0 Å². The number of aromatic nitrogens is 1. The fourth-order valence-corrected chi connectivity index (χ4v) is 4.84. The minimum absolute atomic E-state index is 0.0159. The summed E-state index contributed by atoms with van der Waals surface area (Å²) in [7, 11) is -0.924. The van der Waals surface area contributed by atoms with Crippen LogP contribution in [-0.4, -0.2) is 38.0 Å². The van der Waals surface area contributed by atoms with Gasteiger partial charge in [-0.25, -0.2) is 5.43 Å². The van der Waals surface area contributed by atoms with Crippen LogP contribution in [0.15, 0.2) is 88.9 Å². The topological polar surface area (TPSA) is 116 Å². The number of amides is 1. The summed E-state index contributed by atoms with van der Waals surface area (Å²) in [6, 6.07) is 21.6. The molecule has 1 heterocycles. The maximum atomic E-state index is 12.8. The highest BCUT2D eigenvalue weighted by Crippen LogP contribution is 2.30. The lowest BCUT2D eigenvalue weighted by Crippen LogP contribution is -2.21. The summed E-state index contributed by atoms with van der Waals surface area (Å²) in [5.74, 6) is -0.299. The average molecular weight is 560 g/mol. The molecule has 0 saturated heterocycles. The summed E-state index contributed by atoms with van der Waals surface area (Å²) in [5.41, 5.74) is 6.71. The van der Waals surface area contributed by atoms with Crippen molar-refractivity contribution in [1.82, 2.24) is 9.99 Å². The molecule has 0 aliphatic carbocycles. The largest absolute Gasteiger partial charge is 0.493 e. The van der Waals surface area contributed by atoms with Gasteiger partial charge in [-0.2, -0.15) is 13.5 Å². The number of benzene rings is 3. The lowest BCUT2D eigenvalue weighted by Gasteiger charge is -2.11. The summed E-state index contributed by atoms with van der Waals surface area (Å²) in [6.45, 7) is 3.81. The first-order valence-corrected chi connectivity index (χ1v) is 13.8. The number of hydrogen-bond donors (Lipinski definition) is 1. The predicted molar refractivity (Wildman–Crippen MR) is 151 cm³/mol. The lowest BCUT2D eigenvalue weighted by molar-refractivity contribution is -0.120. The number of methoxy groups -OCH3 is 1. The van der Waals surface area contributed by atoms with Gasteiger partial charge in [0, 0.05) is 18.3 Å². The number of rotatable bonds is 10. The summed E-state index contributed by atoms with van der Waals surface area (Å²) >= 11 is 0. The Labute approximate surface area is 233 Å². The van der Waals surface area contributed by atoms with Crippen LogP contribution in [0.4, 0.5) is 0 Å². The van der Waals surface area contributed by atoms with E-state index in [-0.39, 0.29) is 34.5 Å². The third-order valence-corrected chi connectivity index (χ3v) is 7.46. The zero-order valence-electron chi connectivity index (χ0n) is 22.5. The van der Waals surface area contributed by atoms with Gasteiger partial charge < -0.3 is 13.5 Å². The lowest BCUT2D eigenvalue weighted by atomic mass is 10.1. The molecular formula is C30H29N3O6S. The van der Waals surface area contributed by atoms with Crippen molar-refractivity contribution in [3.05, 3.63) is 113 Å². The van der Waals surface area contributed by atoms with Gasteiger partial charge in [0.1, 0.15) is 4.90 Å². The maximum absolute atomic E-state index is 12.8. The van der Waals surface area contributed by atoms with E-state index in [4.69, 9.17) is 8.92 Å². The SMILES string of the molecule is COc1cc(C=NNC(=O)Cc2ccc(C(=O)c3ccc(C)cc3)n2C)ccc1OS(=O)(=O)c1ccc(C)cc1. The summed E-state index contributed by atoms with van der Waals surface area (Å²) in [5, 5.41) is 3.99. The molecule has 0 fully saturated rings. The van der Waals surface area contributed by atoms with E-state index in [9.17, 15) is 18.0 Å². The van der Waals surface area contributed by atoms with Gasteiger partial charge >= 0.3 is 10.1 Å². The molecule has 1 N–H and O–H groups in total. The second-order valence-electron chi connectivity index (χ2n) is 9.19. The Morgan fingerprint density at radius 1 is 0.900 bits per heavy atom. The Hall–Kier alpha value is -4.70. The summed E-state index contributed by atoms with van der Waals surface area (Å²) in [6.07, 6.45) is 1.41. The van der Waals surface area contributed by atoms with E-state index >= 15 is 0 Å².